The zero-order valence-electron chi connectivity index (χ0n) is 10.9. The van der Waals surface area contributed by atoms with Crippen LogP contribution in [0.25, 0.3) is 0 Å². The fraction of sp³-hybridized carbons (Fsp3) is 0.769. The van der Waals surface area contributed by atoms with Crippen LogP contribution in [0.15, 0.2) is 0 Å². The summed E-state index contributed by atoms with van der Waals surface area (Å²) in [5.74, 6) is -1.99. The van der Waals surface area contributed by atoms with Crippen LogP contribution in [0.3, 0.4) is 0 Å². The molecule has 106 valence electrons. The van der Waals surface area contributed by atoms with E-state index in [1.807, 2.05) is 0 Å². The number of imide groups is 1. The lowest BCUT2D eigenvalue weighted by Crippen LogP contribution is -2.51. The lowest BCUT2D eigenvalue weighted by atomic mass is 9.95. The Morgan fingerprint density at radius 3 is 2.42 bits per heavy atom. The third-order valence-corrected chi connectivity index (χ3v) is 3.95. The van der Waals surface area contributed by atoms with Gasteiger partial charge in [0, 0.05) is 19.0 Å². The molecule has 0 aromatic rings. The Labute approximate surface area is 112 Å². The zero-order valence-corrected chi connectivity index (χ0v) is 10.9. The number of carbonyl (C=O) groups excluding carboxylic acids is 2. The molecule has 1 unspecified atom stereocenters. The van der Waals surface area contributed by atoms with Crippen molar-refractivity contribution in [1.82, 2.24) is 10.2 Å². The van der Waals surface area contributed by atoms with Crippen molar-refractivity contribution in [3.63, 3.8) is 0 Å². The number of piperidine rings is 1. The maximum atomic E-state index is 12.0. The molecule has 0 spiro atoms. The van der Waals surface area contributed by atoms with E-state index in [-0.39, 0.29) is 30.9 Å². The summed E-state index contributed by atoms with van der Waals surface area (Å²) in [5.41, 5.74) is 0. The van der Waals surface area contributed by atoms with Gasteiger partial charge in [-0.2, -0.15) is 0 Å². The van der Waals surface area contributed by atoms with Crippen LogP contribution < -0.4 is 5.32 Å². The van der Waals surface area contributed by atoms with Crippen LogP contribution in [0.2, 0.25) is 0 Å². The van der Waals surface area contributed by atoms with Gasteiger partial charge in [0.15, 0.2) is 0 Å². The van der Waals surface area contributed by atoms with Gasteiger partial charge in [-0.1, -0.05) is 19.3 Å². The molecule has 2 N–H and O–H groups in total. The fourth-order valence-corrected chi connectivity index (χ4v) is 2.76. The molecule has 1 saturated carbocycles. The van der Waals surface area contributed by atoms with Crippen molar-refractivity contribution in [3.05, 3.63) is 0 Å². The van der Waals surface area contributed by atoms with Crippen LogP contribution in [-0.4, -0.2) is 40.5 Å². The van der Waals surface area contributed by atoms with Crippen molar-refractivity contribution >= 4 is 17.9 Å². The average Bonchev–Trinajstić information content (AvgIpc) is 2.39. The molecular weight excluding hydrogens is 248 g/mol. The monoisotopic (exact) mass is 268 g/mol. The minimum Gasteiger partial charge on any atom is -0.481 e. The summed E-state index contributed by atoms with van der Waals surface area (Å²) in [6.45, 7) is 0.203. The lowest BCUT2D eigenvalue weighted by Gasteiger charge is -2.31. The number of aliphatic carboxylic acids is 1. The van der Waals surface area contributed by atoms with Crippen molar-refractivity contribution in [2.45, 2.75) is 51.0 Å². The summed E-state index contributed by atoms with van der Waals surface area (Å²) in [6.07, 6.45) is 5.62. The fourth-order valence-electron chi connectivity index (χ4n) is 2.76. The van der Waals surface area contributed by atoms with Crippen molar-refractivity contribution < 1.29 is 19.5 Å². The first-order valence-electron chi connectivity index (χ1n) is 6.91. The van der Waals surface area contributed by atoms with E-state index in [0.29, 0.717) is 6.42 Å². The molecule has 0 radical (unpaired) electrons. The van der Waals surface area contributed by atoms with Crippen molar-refractivity contribution in [2.24, 2.45) is 5.92 Å². The van der Waals surface area contributed by atoms with Gasteiger partial charge >= 0.3 is 12.0 Å². The SMILES string of the molecule is O=C(O)C1CCN(C(=O)NC2CCCCC2)C(=O)C1. The summed E-state index contributed by atoms with van der Waals surface area (Å²) in [4.78, 5) is 35.8. The van der Waals surface area contributed by atoms with Gasteiger partial charge in [0.05, 0.1) is 5.92 Å². The Morgan fingerprint density at radius 1 is 1.16 bits per heavy atom. The van der Waals surface area contributed by atoms with Gasteiger partial charge in [0.25, 0.3) is 0 Å². The molecule has 1 heterocycles. The molecule has 6 heteroatoms. The molecule has 1 atom stereocenters. The van der Waals surface area contributed by atoms with Crippen molar-refractivity contribution in [1.29, 1.82) is 0 Å². The van der Waals surface area contributed by atoms with Crippen LogP contribution >= 0.6 is 0 Å². The molecule has 19 heavy (non-hydrogen) atoms. The summed E-state index contributed by atoms with van der Waals surface area (Å²) < 4.78 is 0. The van der Waals surface area contributed by atoms with E-state index < -0.39 is 11.9 Å². The van der Waals surface area contributed by atoms with Gasteiger partial charge in [-0.15, -0.1) is 0 Å². The number of likely N-dealkylation sites (tertiary alicyclic amines) is 1. The Hall–Kier alpha value is -1.59. The number of nitrogens with one attached hydrogen (secondary N) is 1. The molecule has 2 rings (SSSR count). The van der Waals surface area contributed by atoms with E-state index in [4.69, 9.17) is 5.11 Å². The smallest absolute Gasteiger partial charge is 0.324 e. The molecule has 0 aromatic carbocycles. The number of urea groups is 1. The summed E-state index contributed by atoms with van der Waals surface area (Å²) in [5, 5.41) is 11.8. The average molecular weight is 268 g/mol. The largest absolute Gasteiger partial charge is 0.481 e. The number of hydrogen-bond acceptors (Lipinski definition) is 3. The standard InChI is InChI=1S/C13H20N2O4/c16-11-8-9(12(17)18)6-7-15(11)13(19)14-10-4-2-1-3-5-10/h9-10H,1-8H2,(H,14,19)(H,17,18). The van der Waals surface area contributed by atoms with E-state index in [1.165, 1.54) is 6.42 Å². The molecule has 1 saturated heterocycles. The molecule has 2 fully saturated rings. The number of amides is 3. The Balaban J connectivity index is 1.86. The normalized spacial score (nSPS) is 25.2. The third-order valence-electron chi connectivity index (χ3n) is 3.95. The maximum Gasteiger partial charge on any atom is 0.324 e. The first-order chi connectivity index (χ1) is 9.08. The number of hydrogen-bond donors (Lipinski definition) is 2. The second kappa shape index (κ2) is 6.04. The van der Waals surface area contributed by atoms with Crippen LogP contribution in [0, 0.1) is 5.92 Å². The molecular formula is C13H20N2O4. The van der Waals surface area contributed by atoms with E-state index in [0.717, 1.165) is 30.6 Å². The highest BCUT2D eigenvalue weighted by Gasteiger charge is 2.34. The summed E-state index contributed by atoms with van der Waals surface area (Å²) in [6, 6.07) is -0.202. The second-order valence-corrected chi connectivity index (χ2v) is 5.36. The predicted molar refractivity (Wildman–Crippen MR) is 67.5 cm³/mol. The summed E-state index contributed by atoms with van der Waals surface area (Å²) in [7, 11) is 0. The third kappa shape index (κ3) is 3.45. The lowest BCUT2D eigenvalue weighted by molar-refractivity contribution is -0.148. The highest BCUT2D eigenvalue weighted by Crippen LogP contribution is 2.20. The minimum absolute atomic E-state index is 0.0760. The Morgan fingerprint density at radius 2 is 1.84 bits per heavy atom. The van der Waals surface area contributed by atoms with Gasteiger partial charge in [-0.25, -0.2) is 4.79 Å². The molecule has 0 bridgehead atoms. The van der Waals surface area contributed by atoms with Crippen LogP contribution in [-0.2, 0) is 9.59 Å². The van der Waals surface area contributed by atoms with E-state index in [2.05, 4.69) is 5.32 Å². The molecule has 1 aliphatic heterocycles. The topological polar surface area (TPSA) is 86.7 Å². The Bertz CT molecular complexity index is 377. The predicted octanol–water partition coefficient (Wildman–Crippen LogP) is 1.35. The number of rotatable bonds is 2. The first kappa shape index (κ1) is 13.8. The van der Waals surface area contributed by atoms with Crippen LogP contribution in [0.1, 0.15) is 44.9 Å². The second-order valence-electron chi connectivity index (χ2n) is 5.36. The van der Waals surface area contributed by atoms with Crippen LogP contribution in [0.4, 0.5) is 4.79 Å². The highest BCUT2D eigenvalue weighted by atomic mass is 16.4. The first-order valence-corrected chi connectivity index (χ1v) is 6.91. The van der Waals surface area contributed by atoms with E-state index >= 15 is 0 Å². The van der Waals surface area contributed by atoms with Gasteiger partial charge in [-0.05, 0) is 19.3 Å². The molecule has 2 aliphatic rings. The number of nitrogens with zero attached hydrogens (tertiary/aromatic N) is 1. The van der Waals surface area contributed by atoms with Gasteiger partial charge < -0.3 is 10.4 Å². The number of carboxylic acids is 1. The summed E-state index contributed by atoms with van der Waals surface area (Å²) >= 11 is 0. The van der Waals surface area contributed by atoms with E-state index in [9.17, 15) is 14.4 Å². The van der Waals surface area contributed by atoms with Gasteiger partial charge in [0.2, 0.25) is 5.91 Å². The molecule has 0 aromatic heterocycles. The molecule has 6 nitrogen and oxygen atoms in total. The van der Waals surface area contributed by atoms with Crippen LogP contribution in [0.5, 0.6) is 0 Å². The van der Waals surface area contributed by atoms with E-state index in [1.54, 1.807) is 0 Å². The zero-order chi connectivity index (χ0) is 13.8. The minimum atomic E-state index is -0.958. The maximum absolute atomic E-state index is 12.0. The van der Waals surface area contributed by atoms with Gasteiger partial charge in [0.1, 0.15) is 0 Å². The Kier molecular flexibility index (Phi) is 4.39. The van der Waals surface area contributed by atoms with Crippen molar-refractivity contribution in [2.75, 3.05) is 6.54 Å². The molecule has 3 amide bonds. The number of carbonyl (C=O) groups is 3. The highest BCUT2D eigenvalue weighted by molar-refractivity contribution is 5.96. The number of carboxylic acid groups (broad SMARTS) is 1. The van der Waals surface area contributed by atoms with Crippen molar-refractivity contribution in [3.8, 4) is 0 Å². The molecule has 1 aliphatic carbocycles. The van der Waals surface area contributed by atoms with Gasteiger partial charge in [-0.3, -0.25) is 14.5 Å². The quantitative estimate of drug-likeness (QED) is 0.791.